The lowest BCUT2D eigenvalue weighted by Gasteiger charge is -2.27. The second-order valence-electron chi connectivity index (χ2n) is 7.22. The molecule has 2 saturated carbocycles. The van der Waals surface area contributed by atoms with Crippen LogP contribution in [0.5, 0.6) is 0 Å². The predicted octanol–water partition coefficient (Wildman–Crippen LogP) is 1.54. The molecule has 6 nitrogen and oxygen atoms in total. The van der Waals surface area contributed by atoms with E-state index in [0.717, 1.165) is 19.3 Å². The SMILES string of the molecule is NC1C2CCC(C2)C1C(=O)Nc1cccc(N2CCCS2(=O)=O)c1. The average molecular weight is 349 g/mol. The zero-order valence-corrected chi connectivity index (χ0v) is 14.3. The minimum Gasteiger partial charge on any atom is -0.327 e. The van der Waals surface area contributed by atoms with Crippen molar-refractivity contribution >= 4 is 27.3 Å². The summed E-state index contributed by atoms with van der Waals surface area (Å²) in [5.41, 5.74) is 7.48. The van der Waals surface area contributed by atoms with Crippen LogP contribution >= 0.6 is 0 Å². The van der Waals surface area contributed by atoms with E-state index in [0.29, 0.717) is 36.2 Å². The molecule has 3 N–H and O–H groups in total. The number of nitrogens with two attached hydrogens (primary N) is 1. The van der Waals surface area contributed by atoms with Crippen molar-refractivity contribution in [3.05, 3.63) is 24.3 Å². The third-order valence-corrected chi connectivity index (χ3v) is 7.65. The highest BCUT2D eigenvalue weighted by Crippen LogP contribution is 2.48. The summed E-state index contributed by atoms with van der Waals surface area (Å²) in [5.74, 6) is 0.905. The molecule has 24 heavy (non-hydrogen) atoms. The van der Waals surface area contributed by atoms with Crippen LogP contribution in [0, 0.1) is 17.8 Å². The van der Waals surface area contributed by atoms with E-state index in [2.05, 4.69) is 5.32 Å². The van der Waals surface area contributed by atoms with E-state index >= 15 is 0 Å². The normalized spacial score (nSPS) is 33.8. The molecule has 2 aliphatic carbocycles. The van der Waals surface area contributed by atoms with Crippen LogP contribution in [-0.2, 0) is 14.8 Å². The number of carbonyl (C=O) groups excluding carboxylic acids is 1. The molecular weight excluding hydrogens is 326 g/mol. The number of hydrogen-bond acceptors (Lipinski definition) is 4. The molecule has 1 aromatic rings. The molecule has 1 heterocycles. The molecule has 130 valence electrons. The lowest BCUT2D eigenvalue weighted by Crippen LogP contribution is -2.42. The van der Waals surface area contributed by atoms with E-state index in [9.17, 15) is 13.2 Å². The second kappa shape index (κ2) is 5.74. The summed E-state index contributed by atoms with van der Waals surface area (Å²) < 4.78 is 25.5. The van der Waals surface area contributed by atoms with E-state index in [1.165, 1.54) is 4.31 Å². The minimum absolute atomic E-state index is 0.0314. The van der Waals surface area contributed by atoms with Gasteiger partial charge in [-0.3, -0.25) is 9.10 Å². The van der Waals surface area contributed by atoms with Crippen LogP contribution in [0.25, 0.3) is 0 Å². The molecule has 7 heteroatoms. The molecule has 2 bridgehead atoms. The largest absolute Gasteiger partial charge is 0.327 e. The number of anilines is 2. The fourth-order valence-corrected chi connectivity index (χ4v) is 6.18. The maximum Gasteiger partial charge on any atom is 0.235 e. The van der Waals surface area contributed by atoms with Crippen molar-refractivity contribution in [1.82, 2.24) is 0 Å². The van der Waals surface area contributed by atoms with Crippen LogP contribution < -0.4 is 15.4 Å². The zero-order valence-electron chi connectivity index (χ0n) is 13.5. The van der Waals surface area contributed by atoms with Crippen LogP contribution in [0.15, 0.2) is 24.3 Å². The summed E-state index contributed by atoms with van der Waals surface area (Å²) in [7, 11) is -3.22. The van der Waals surface area contributed by atoms with Crippen molar-refractivity contribution in [2.24, 2.45) is 23.5 Å². The van der Waals surface area contributed by atoms with Crippen molar-refractivity contribution in [2.75, 3.05) is 21.9 Å². The number of fused-ring (bicyclic) bond motifs is 2. The molecule has 1 saturated heterocycles. The first-order valence-corrected chi connectivity index (χ1v) is 10.2. The Hall–Kier alpha value is -1.60. The van der Waals surface area contributed by atoms with E-state index in [1.807, 2.05) is 0 Å². The summed E-state index contributed by atoms with van der Waals surface area (Å²) in [6.07, 6.45) is 3.92. The molecule has 4 unspecified atom stereocenters. The van der Waals surface area contributed by atoms with Gasteiger partial charge in [0.25, 0.3) is 0 Å². The summed E-state index contributed by atoms with van der Waals surface area (Å²) in [5, 5.41) is 2.95. The van der Waals surface area contributed by atoms with Gasteiger partial charge in [0, 0.05) is 18.3 Å². The number of carbonyl (C=O) groups is 1. The first-order chi connectivity index (χ1) is 11.5. The molecule has 3 aliphatic rings. The summed E-state index contributed by atoms with van der Waals surface area (Å²) in [4.78, 5) is 12.7. The Balaban J connectivity index is 1.51. The number of benzene rings is 1. The van der Waals surface area contributed by atoms with Crippen LogP contribution in [0.4, 0.5) is 11.4 Å². The topological polar surface area (TPSA) is 92.5 Å². The lowest BCUT2D eigenvalue weighted by atomic mass is 9.84. The highest BCUT2D eigenvalue weighted by atomic mass is 32.2. The van der Waals surface area contributed by atoms with Crippen LogP contribution in [0.1, 0.15) is 25.7 Å². The molecule has 0 radical (unpaired) electrons. The lowest BCUT2D eigenvalue weighted by molar-refractivity contribution is -0.121. The van der Waals surface area contributed by atoms with Crippen LogP contribution in [0.3, 0.4) is 0 Å². The van der Waals surface area contributed by atoms with Gasteiger partial charge in [0.05, 0.1) is 17.4 Å². The van der Waals surface area contributed by atoms with Crippen LogP contribution in [-0.4, -0.2) is 32.7 Å². The quantitative estimate of drug-likeness (QED) is 0.866. The van der Waals surface area contributed by atoms with Gasteiger partial charge in [-0.2, -0.15) is 0 Å². The average Bonchev–Trinajstić information content (AvgIpc) is 3.21. The van der Waals surface area contributed by atoms with Crippen molar-refractivity contribution in [3.63, 3.8) is 0 Å². The summed E-state index contributed by atoms with van der Waals surface area (Å²) in [6.45, 7) is 0.497. The van der Waals surface area contributed by atoms with E-state index in [1.54, 1.807) is 24.3 Å². The van der Waals surface area contributed by atoms with Gasteiger partial charge >= 0.3 is 0 Å². The van der Waals surface area contributed by atoms with E-state index in [-0.39, 0.29) is 23.6 Å². The Morgan fingerprint density at radius 2 is 2.04 bits per heavy atom. The van der Waals surface area contributed by atoms with Gasteiger partial charge in [-0.1, -0.05) is 6.07 Å². The first-order valence-electron chi connectivity index (χ1n) is 8.62. The molecule has 4 rings (SSSR count). The van der Waals surface area contributed by atoms with Crippen LogP contribution in [0.2, 0.25) is 0 Å². The number of sulfonamides is 1. The Morgan fingerprint density at radius 1 is 1.25 bits per heavy atom. The number of nitrogens with one attached hydrogen (secondary N) is 1. The molecule has 0 aromatic heterocycles. The van der Waals surface area contributed by atoms with E-state index in [4.69, 9.17) is 5.73 Å². The van der Waals surface area contributed by atoms with E-state index < -0.39 is 10.0 Å². The smallest absolute Gasteiger partial charge is 0.235 e. The number of nitrogens with zero attached hydrogens (tertiary/aromatic N) is 1. The van der Waals surface area contributed by atoms with Gasteiger partial charge in [0.15, 0.2) is 0 Å². The maximum atomic E-state index is 12.7. The van der Waals surface area contributed by atoms with Crippen molar-refractivity contribution in [1.29, 1.82) is 0 Å². The molecule has 4 atom stereocenters. The van der Waals surface area contributed by atoms with Crippen molar-refractivity contribution in [3.8, 4) is 0 Å². The zero-order chi connectivity index (χ0) is 16.9. The summed E-state index contributed by atoms with van der Waals surface area (Å²) in [6, 6.07) is 7.02. The molecule has 3 fully saturated rings. The van der Waals surface area contributed by atoms with Gasteiger partial charge in [-0.15, -0.1) is 0 Å². The molecule has 1 amide bonds. The molecule has 1 aromatic carbocycles. The Kier molecular flexibility index (Phi) is 3.80. The third kappa shape index (κ3) is 2.59. The van der Waals surface area contributed by atoms with Gasteiger partial charge in [0.1, 0.15) is 0 Å². The highest BCUT2D eigenvalue weighted by Gasteiger charge is 2.49. The third-order valence-electron chi connectivity index (χ3n) is 5.78. The number of rotatable bonds is 3. The van der Waals surface area contributed by atoms with Crippen molar-refractivity contribution in [2.45, 2.75) is 31.7 Å². The number of amides is 1. The fraction of sp³-hybridized carbons (Fsp3) is 0.588. The van der Waals surface area contributed by atoms with Gasteiger partial charge in [-0.05, 0) is 55.7 Å². The molecule has 1 aliphatic heterocycles. The monoisotopic (exact) mass is 349 g/mol. The van der Waals surface area contributed by atoms with Gasteiger partial charge < -0.3 is 11.1 Å². The Bertz CT molecular complexity index is 762. The van der Waals surface area contributed by atoms with Gasteiger partial charge in [-0.25, -0.2) is 8.42 Å². The highest BCUT2D eigenvalue weighted by molar-refractivity contribution is 7.93. The standard InChI is InChI=1S/C17H23N3O3S/c18-16-12-6-5-11(9-12)15(16)17(21)19-13-3-1-4-14(10-13)20-7-2-8-24(20,22)23/h1,3-4,10-12,15-16H,2,5-9,18H2,(H,19,21). The fourth-order valence-electron chi connectivity index (χ4n) is 4.62. The second-order valence-corrected chi connectivity index (χ2v) is 9.23. The maximum absolute atomic E-state index is 12.7. The van der Waals surface area contributed by atoms with Crippen molar-refractivity contribution < 1.29 is 13.2 Å². The van der Waals surface area contributed by atoms with Gasteiger partial charge in [0.2, 0.25) is 15.9 Å². The minimum atomic E-state index is -3.22. The Morgan fingerprint density at radius 3 is 2.71 bits per heavy atom. The molecular formula is C17H23N3O3S. The number of hydrogen-bond donors (Lipinski definition) is 2. The predicted molar refractivity (Wildman–Crippen MR) is 93.1 cm³/mol. The Labute approximate surface area is 142 Å². The molecule has 0 spiro atoms. The summed E-state index contributed by atoms with van der Waals surface area (Å²) >= 11 is 0. The first kappa shape index (κ1) is 15.9.